The van der Waals surface area contributed by atoms with Crippen LogP contribution in [0.4, 0.5) is 15.8 Å². The fourth-order valence-electron chi connectivity index (χ4n) is 2.19. The van der Waals surface area contributed by atoms with Crippen molar-refractivity contribution in [3.8, 4) is 6.07 Å². The largest absolute Gasteiger partial charge is 0.354 e. The highest BCUT2D eigenvalue weighted by atomic mass is 19.1. The highest BCUT2D eigenvalue weighted by molar-refractivity contribution is 5.95. The van der Waals surface area contributed by atoms with Crippen molar-refractivity contribution >= 4 is 22.3 Å². The Morgan fingerprint density at radius 1 is 1.14 bits per heavy atom. The molecule has 3 rings (SSSR count). The first-order chi connectivity index (χ1) is 10.2. The number of nitriles is 1. The first-order valence-corrected chi connectivity index (χ1v) is 6.50. The monoisotopic (exact) mass is 277 g/mol. The summed E-state index contributed by atoms with van der Waals surface area (Å²) in [7, 11) is 0. The third kappa shape index (κ3) is 2.41. The van der Waals surface area contributed by atoms with E-state index in [0.29, 0.717) is 16.6 Å². The number of para-hydroxylation sites is 1. The van der Waals surface area contributed by atoms with Crippen molar-refractivity contribution in [2.75, 3.05) is 5.32 Å². The van der Waals surface area contributed by atoms with E-state index in [-0.39, 0.29) is 5.52 Å². The molecule has 0 bridgehead atoms. The Morgan fingerprint density at radius 2 is 1.90 bits per heavy atom. The predicted octanol–water partition coefficient (Wildman–Crippen LogP) is 4.30. The van der Waals surface area contributed by atoms with Gasteiger partial charge in [0.2, 0.25) is 0 Å². The van der Waals surface area contributed by atoms with Crippen LogP contribution < -0.4 is 5.32 Å². The van der Waals surface area contributed by atoms with Crippen LogP contribution in [0, 0.1) is 24.1 Å². The molecule has 21 heavy (non-hydrogen) atoms. The van der Waals surface area contributed by atoms with Crippen LogP contribution >= 0.6 is 0 Å². The smallest absolute Gasteiger partial charge is 0.149 e. The SMILES string of the molecule is Cc1ccc(Nc2c(C#N)cnc3c(F)cccc23)cc1. The maximum absolute atomic E-state index is 13.8. The first kappa shape index (κ1) is 13.1. The summed E-state index contributed by atoms with van der Waals surface area (Å²) >= 11 is 0. The second kappa shape index (κ2) is 5.22. The minimum absolute atomic E-state index is 0.256. The fourth-order valence-corrected chi connectivity index (χ4v) is 2.19. The van der Waals surface area contributed by atoms with E-state index in [1.54, 1.807) is 12.1 Å². The molecular formula is C17H12FN3. The molecule has 0 spiro atoms. The molecule has 0 amide bonds. The molecule has 0 aliphatic rings. The van der Waals surface area contributed by atoms with Crippen molar-refractivity contribution in [3.63, 3.8) is 0 Å². The van der Waals surface area contributed by atoms with E-state index in [1.165, 1.54) is 12.3 Å². The van der Waals surface area contributed by atoms with Gasteiger partial charge in [-0.1, -0.05) is 29.8 Å². The van der Waals surface area contributed by atoms with Gasteiger partial charge in [0, 0.05) is 17.3 Å². The van der Waals surface area contributed by atoms with Gasteiger partial charge in [-0.3, -0.25) is 4.98 Å². The van der Waals surface area contributed by atoms with Gasteiger partial charge in [0.1, 0.15) is 17.4 Å². The minimum Gasteiger partial charge on any atom is -0.354 e. The maximum Gasteiger partial charge on any atom is 0.149 e. The van der Waals surface area contributed by atoms with Crippen molar-refractivity contribution in [2.45, 2.75) is 6.92 Å². The number of hydrogen-bond donors (Lipinski definition) is 1. The van der Waals surface area contributed by atoms with Crippen LogP contribution in [0.1, 0.15) is 11.1 Å². The molecule has 3 nitrogen and oxygen atoms in total. The fraction of sp³-hybridized carbons (Fsp3) is 0.0588. The Kier molecular flexibility index (Phi) is 3.25. The summed E-state index contributed by atoms with van der Waals surface area (Å²) in [6.45, 7) is 2.00. The summed E-state index contributed by atoms with van der Waals surface area (Å²) in [5.41, 5.74) is 3.20. The van der Waals surface area contributed by atoms with E-state index in [9.17, 15) is 9.65 Å². The van der Waals surface area contributed by atoms with E-state index in [2.05, 4.69) is 16.4 Å². The van der Waals surface area contributed by atoms with Crippen molar-refractivity contribution in [2.24, 2.45) is 0 Å². The number of aromatic nitrogens is 1. The van der Waals surface area contributed by atoms with E-state index in [1.807, 2.05) is 31.2 Å². The summed E-state index contributed by atoms with van der Waals surface area (Å²) in [6.07, 6.45) is 1.39. The van der Waals surface area contributed by atoms with Crippen molar-refractivity contribution in [1.82, 2.24) is 4.98 Å². The standard InChI is InChI=1S/C17H12FN3/c1-11-5-7-13(8-6-11)21-16-12(9-19)10-20-17-14(16)3-2-4-15(17)18/h2-8,10H,1H3,(H,20,21). The third-order valence-corrected chi connectivity index (χ3v) is 3.29. The van der Waals surface area contributed by atoms with Gasteiger partial charge in [-0.2, -0.15) is 5.26 Å². The lowest BCUT2D eigenvalue weighted by Crippen LogP contribution is -1.97. The maximum atomic E-state index is 13.8. The van der Waals surface area contributed by atoms with Gasteiger partial charge >= 0.3 is 0 Å². The quantitative estimate of drug-likeness (QED) is 0.759. The number of nitrogens with zero attached hydrogens (tertiary/aromatic N) is 2. The first-order valence-electron chi connectivity index (χ1n) is 6.50. The van der Waals surface area contributed by atoms with Gasteiger partial charge in [-0.25, -0.2) is 4.39 Å². The zero-order valence-corrected chi connectivity index (χ0v) is 11.4. The zero-order valence-electron chi connectivity index (χ0n) is 11.4. The number of fused-ring (bicyclic) bond motifs is 1. The van der Waals surface area contributed by atoms with Gasteiger partial charge in [0.25, 0.3) is 0 Å². The molecule has 0 saturated carbocycles. The van der Waals surface area contributed by atoms with Crippen LogP contribution in [0.2, 0.25) is 0 Å². The van der Waals surface area contributed by atoms with E-state index in [0.717, 1.165) is 11.3 Å². The number of hydrogen-bond acceptors (Lipinski definition) is 3. The summed E-state index contributed by atoms with van der Waals surface area (Å²) in [5, 5.41) is 13.0. The second-order valence-electron chi connectivity index (χ2n) is 4.79. The molecule has 0 fully saturated rings. The number of nitrogens with one attached hydrogen (secondary N) is 1. The molecule has 0 aliphatic heterocycles. The highest BCUT2D eigenvalue weighted by Crippen LogP contribution is 2.29. The average Bonchev–Trinajstić information content (AvgIpc) is 2.50. The second-order valence-corrected chi connectivity index (χ2v) is 4.79. The van der Waals surface area contributed by atoms with Crippen molar-refractivity contribution < 1.29 is 4.39 Å². The van der Waals surface area contributed by atoms with Crippen LogP contribution in [0.15, 0.2) is 48.7 Å². The normalized spacial score (nSPS) is 10.3. The molecule has 0 atom stereocenters. The highest BCUT2D eigenvalue weighted by Gasteiger charge is 2.11. The topological polar surface area (TPSA) is 48.7 Å². The van der Waals surface area contributed by atoms with E-state index < -0.39 is 5.82 Å². The lowest BCUT2D eigenvalue weighted by atomic mass is 10.1. The number of aryl methyl sites for hydroxylation is 1. The Balaban J connectivity index is 2.18. The molecule has 1 heterocycles. The molecule has 102 valence electrons. The van der Waals surface area contributed by atoms with Crippen LogP contribution in [-0.2, 0) is 0 Å². The van der Waals surface area contributed by atoms with Crippen LogP contribution in [0.3, 0.4) is 0 Å². The van der Waals surface area contributed by atoms with Crippen LogP contribution in [-0.4, -0.2) is 4.98 Å². The lowest BCUT2D eigenvalue weighted by Gasteiger charge is -2.11. The Bertz CT molecular complexity index is 848. The molecule has 0 saturated heterocycles. The number of pyridine rings is 1. The number of anilines is 2. The minimum atomic E-state index is -0.399. The van der Waals surface area contributed by atoms with Gasteiger partial charge in [0.05, 0.1) is 11.3 Å². The third-order valence-electron chi connectivity index (χ3n) is 3.29. The molecule has 2 aromatic carbocycles. The van der Waals surface area contributed by atoms with Crippen molar-refractivity contribution in [3.05, 3.63) is 65.6 Å². The molecule has 1 N–H and O–H groups in total. The molecule has 0 radical (unpaired) electrons. The molecule has 0 unspecified atom stereocenters. The summed E-state index contributed by atoms with van der Waals surface area (Å²) in [5.74, 6) is -0.399. The molecular weight excluding hydrogens is 265 g/mol. The van der Waals surface area contributed by atoms with Crippen molar-refractivity contribution in [1.29, 1.82) is 5.26 Å². The van der Waals surface area contributed by atoms with E-state index in [4.69, 9.17) is 0 Å². The van der Waals surface area contributed by atoms with Gasteiger partial charge in [-0.05, 0) is 25.1 Å². The van der Waals surface area contributed by atoms with Gasteiger partial charge in [0.15, 0.2) is 0 Å². The number of benzene rings is 2. The Hall–Kier alpha value is -2.93. The van der Waals surface area contributed by atoms with Gasteiger partial charge in [-0.15, -0.1) is 0 Å². The summed E-state index contributed by atoms with van der Waals surface area (Å²) < 4.78 is 13.8. The number of halogens is 1. The van der Waals surface area contributed by atoms with Crippen LogP contribution in [0.25, 0.3) is 10.9 Å². The molecule has 4 heteroatoms. The number of rotatable bonds is 2. The Labute approximate surface area is 121 Å². The zero-order chi connectivity index (χ0) is 14.8. The summed E-state index contributed by atoms with van der Waals surface area (Å²) in [4.78, 5) is 4.03. The van der Waals surface area contributed by atoms with Gasteiger partial charge < -0.3 is 5.32 Å². The predicted molar refractivity (Wildman–Crippen MR) is 80.9 cm³/mol. The molecule has 1 aromatic heterocycles. The lowest BCUT2D eigenvalue weighted by molar-refractivity contribution is 0.637. The van der Waals surface area contributed by atoms with E-state index >= 15 is 0 Å². The Morgan fingerprint density at radius 3 is 2.62 bits per heavy atom. The summed E-state index contributed by atoms with van der Waals surface area (Å²) in [6, 6.07) is 14.6. The molecule has 3 aromatic rings. The molecule has 0 aliphatic carbocycles. The van der Waals surface area contributed by atoms with Crippen LogP contribution in [0.5, 0.6) is 0 Å². The average molecular weight is 277 g/mol.